The Hall–Kier alpha value is -3.03. The molecule has 1 fully saturated rings. The number of thioether (sulfide) groups is 1. The van der Waals surface area contributed by atoms with Gasteiger partial charge in [0.25, 0.3) is 11.1 Å². The Bertz CT molecular complexity index is 1260. The van der Waals surface area contributed by atoms with E-state index < -0.39 is 17.1 Å². The van der Waals surface area contributed by atoms with Crippen molar-refractivity contribution < 1.29 is 14.4 Å². The summed E-state index contributed by atoms with van der Waals surface area (Å²) in [6, 6.07) is 10.8. The van der Waals surface area contributed by atoms with Crippen molar-refractivity contribution in [3.63, 3.8) is 0 Å². The maximum Gasteiger partial charge on any atom is 0.294 e. The summed E-state index contributed by atoms with van der Waals surface area (Å²) in [6.07, 6.45) is 3.96. The van der Waals surface area contributed by atoms with Gasteiger partial charge in [-0.15, -0.1) is 0 Å². The second-order valence-electron chi connectivity index (χ2n) is 9.09. The summed E-state index contributed by atoms with van der Waals surface area (Å²) in [5.74, 6) is -0.925. The Morgan fingerprint density at radius 3 is 2.50 bits per heavy atom. The number of anilines is 2. The molecule has 0 aliphatic carbocycles. The van der Waals surface area contributed by atoms with Crippen LogP contribution < -0.4 is 10.2 Å². The van der Waals surface area contributed by atoms with Crippen molar-refractivity contribution in [2.24, 2.45) is 0 Å². The molecule has 0 saturated carbocycles. The molecule has 0 atom stereocenters. The first-order valence-electron chi connectivity index (χ1n) is 10.9. The fraction of sp³-hybridized carbons (Fsp3) is 0.269. The monoisotopic (exact) mass is 495 g/mol. The molecule has 176 valence electrons. The largest absolute Gasteiger partial charge is 0.365 e. The Labute approximate surface area is 208 Å². The number of likely N-dealkylation sites (N-methyl/N-ethyl adjacent to an activating group) is 1. The molecule has 4 rings (SSSR count). The number of hydrogen-bond donors (Lipinski definition) is 1. The molecule has 1 N–H and O–H groups in total. The van der Waals surface area contributed by atoms with Gasteiger partial charge in [0.1, 0.15) is 6.54 Å². The summed E-state index contributed by atoms with van der Waals surface area (Å²) in [4.78, 5) is 41.4. The molecule has 0 radical (unpaired) electrons. The lowest BCUT2D eigenvalue weighted by atomic mass is 9.87. The van der Waals surface area contributed by atoms with Gasteiger partial charge in [0, 0.05) is 29.0 Å². The minimum atomic E-state index is -0.469. The molecule has 1 saturated heterocycles. The van der Waals surface area contributed by atoms with Crippen LogP contribution in [-0.2, 0) is 9.59 Å². The Kier molecular flexibility index (Phi) is 6.36. The van der Waals surface area contributed by atoms with E-state index in [2.05, 4.69) is 56.2 Å². The van der Waals surface area contributed by atoms with E-state index in [-0.39, 0.29) is 12.1 Å². The number of fused-ring (bicyclic) bond motifs is 1. The van der Waals surface area contributed by atoms with Gasteiger partial charge >= 0.3 is 0 Å². The highest BCUT2D eigenvalue weighted by atomic mass is 35.5. The van der Waals surface area contributed by atoms with Crippen LogP contribution in [0.5, 0.6) is 0 Å². The molecule has 8 heteroatoms. The van der Waals surface area contributed by atoms with Gasteiger partial charge in [0.05, 0.1) is 10.4 Å². The summed E-state index contributed by atoms with van der Waals surface area (Å²) in [7, 11) is 2.07. The topological polar surface area (TPSA) is 69.7 Å². The van der Waals surface area contributed by atoms with E-state index in [0.717, 1.165) is 39.0 Å². The Morgan fingerprint density at radius 2 is 1.82 bits per heavy atom. The van der Waals surface area contributed by atoms with Crippen LogP contribution >= 0.6 is 23.4 Å². The van der Waals surface area contributed by atoms with Crippen LogP contribution in [0.15, 0.2) is 47.4 Å². The zero-order chi connectivity index (χ0) is 24.8. The number of rotatable bonds is 4. The molecule has 2 aromatic rings. The molecule has 3 amide bonds. The molecule has 2 aliphatic rings. The first kappa shape index (κ1) is 24.1. The standard InChI is InChI=1S/C26H26ClN3O3S/c1-15-10-21-20(16(2)13-26(3,4)29(21)5)11-17(15)12-22-24(32)30(25(33)34-22)14-23(31)28-19-8-6-18(27)7-9-19/h6-13H,14H2,1-5H3,(H,28,31)/b22-12+. The Morgan fingerprint density at radius 1 is 1.15 bits per heavy atom. The van der Waals surface area contributed by atoms with Crippen molar-refractivity contribution >= 4 is 63.4 Å². The van der Waals surface area contributed by atoms with Crippen molar-refractivity contribution in [2.75, 3.05) is 23.8 Å². The van der Waals surface area contributed by atoms with Gasteiger partial charge in [0.2, 0.25) is 5.91 Å². The number of aryl methyl sites for hydroxylation is 1. The van der Waals surface area contributed by atoms with Crippen LogP contribution in [-0.4, -0.2) is 41.1 Å². The molecule has 6 nitrogen and oxygen atoms in total. The average molecular weight is 496 g/mol. The minimum absolute atomic E-state index is 0.0969. The number of hydrogen-bond acceptors (Lipinski definition) is 5. The molecule has 0 aromatic heterocycles. The average Bonchev–Trinajstić information content (AvgIpc) is 3.02. The molecule has 2 aliphatic heterocycles. The molecule has 0 bridgehead atoms. The lowest BCUT2D eigenvalue weighted by Crippen LogP contribution is -2.42. The van der Waals surface area contributed by atoms with Crippen LogP contribution in [0, 0.1) is 6.92 Å². The van der Waals surface area contributed by atoms with Gasteiger partial charge in [-0.1, -0.05) is 17.7 Å². The fourth-order valence-corrected chi connectivity index (χ4v) is 5.08. The van der Waals surface area contributed by atoms with Gasteiger partial charge in [-0.3, -0.25) is 19.3 Å². The van der Waals surface area contributed by atoms with Gasteiger partial charge < -0.3 is 10.2 Å². The third kappa shape index (κ3) is 4.63. The van der Waals surface area contributed by atoms with Gasteiger partial charge in [-0.05, 0) is 98.6 Å². The van der Waals surface area contributed by atoms with Crippen molar-refractivity contribution in [3.8, 4) is 0 Å². The zero-order valence-electron chi connectivity index (χ0n) is 19.7. The normalized spacial score (nSPS) is 18.3. The van der Waals surface area contributed by atoms with Crippen LogP contribution in [0.2, 0.25) is 5.02 Å². The lowest BCUT2D eigenvalue weighted by Gasteiger charge is -2.41. The van der Waals surface area contributed by atoms with E-state index in [1.165, 1.54) is 5.57 Å². The van der Waals surface area contributed by atoms with E-state index in [4.69, 9.17) is 11.6 Å². The summed E-state index contributed by atoms with van der Waals surface area (Å²) in [5, 5.41) is 2.76. The fourth-order valence-electron chi connectivity index (χ4n) is 4.13. The minimum Gasteiger partial charge on any atom is -0.365 e. The van der Waals surface area contributed by atoms with E-state index in [1.54, 1.807) is 30.3 Å². The van der Waals surface area contributed by atoms with Crippen molar-refractivity contribution in [3.05, 3.63) is 69.1 Å². The van der Waals surface area contributed by atoms with Gasteiger partial charge in [-0.25, -0.2) is 0 Å². The van der Waals surface area contributed by atoms with Crippen LogP contribution in [0.25, 0.3) is 11.6 Å². The Balaban J connectivity index is 1.55. The van der Waals surface area contributed by atoms with Crippen molar-refractivity contribution in [1.29, 1.82) is 0 Å². The van der Waals surface area contributed by atoms with Crippen molar-refractivity contribution in [1.82, 2.24) is 4.90 Å². The third-order valence-corrected chi connectivity index (χ3v) is 7.35. The lowest BCUT2D eigenvalue weighted by molar-refractivity contribution is -0.127. The number of carbonyl (C=O) groups excluding carboxylic acids is 3. The smallest absolute Gasteiger partial charge is 0.294 e. The molecular weight excluding hydrogens is 470 g/mol. The van der Waals surface area contributed by atoms with E-state index in [0.29, 0.717) is 15.6 Å². The summed E-state index contributed by atoms with van der Waals surface area (Å²) in [5.41, 5.74) is 5.71. The summed E-state index contributed by atoms with van der Waals surface area (Å²) in [6.45, 7) is 8.06. The molecule has 0 unspecified atom stereocenters. The summed E-state index contributed by atoms with van der Waals surface area (Å²) < 4.78 is 0. The van der Waals surface area contributed by atoms with Crippen LogP contribution in [0.1, 0.15) is 37.5 Å². The second-order valence-corrected chi connectivity index (χ2v) is 10.5. The highest BCUT2D eigenvalue weighted by Crippen LogP contribution is 2.40. The number of halogens is 1. The van der Waals surface area contributed by atoms with E-state index in [1.807, 2.05) is 6.92 Å². The van der Waals surface area contributed by atoms with Crippen LogP contribution in [0.4, 0.5) is 16.2 Å². The number of carbonyl (C=O) groups is 3. The van der Waals surface area contributed by atoms with Crippen LogP contribution in [0.3, 0.4) is 0 Å². The number of allylic oxidation sites excluding steroid dienone is 1. The molecule has 2 aromatic carbocycles. The number of nitrogens with one attached hydrogen (secondary N) is 1. The third-order valence-electron chi connectivity index (χ3n) is 6.19. The van der Waals surface area contributed by atoms with Gasteiger partial charge in [0.15, 0.2) is 0 Å². The van der Waals surface area contributed by atoms with Crippen molar-refractivity contribution in [2.45, 2.75) is 33.2 Å². The van der Waals surface area contributed by atoms with E-state index >= 15 is 0 Å². The first-order valence-corrected chi connectivity index (χ1v) is 12.0. The predicted octanol–water partition coefficient (Wildman–Crippen LogP) is 5.96. The molecular formula is C26H26ClN3O3S. The molecule has 0 spiro atoms. The second kappa shape index (κ2) is 8.96. The highest BCUT2D eigenvalue weighted by molar-refractivity contribution is 8.18. The first-order chi connectivity index (χ1) is 16.0. The highest BCUT2D eigenvalue weighted by Gasteiger charge is 2.36. The maximum atomic E-state index is 13.0. The van der Waals surface area contributed by atoms with Gasteiger partial charge in [-0.2, -0.15) is 0 Å². The zero-order valence-corrected chi connectivity index (χ0v) is 21.3. The summed E-state index contributed by atoms with van der Waals surface area (Å²) >= 11 is 6.71. The van der Waals surface area contributed by atoms with E-state index in [9.17, 15) is 14.4 Å². The maximum absolute atomic E-state index is 13.0. The quantitative estimate of drug-likeness (QED) is 0.530. The molecule has 2 heterocycles. The number of benzene rings is 2. The number of nitrogens with zero attached hydrogens (tertiary/aromatic N) is 2. The SMILES string of the molecule is CC1=CC(C)(C)N(C)c2cc(C)c(/C=C3/SC(=O)N(CC(=O)Nc4ccc(Cl)cc4)C3=O)cc21. The number of amides is 3. The molecule has 34 heavy (non-hydrogen) atoms. The predicted molar refractivity (Wildman–Crippen MR) is 140 cm³/mol. The number of imide groups is 1.